The lowest BCUT2D eigenvalue weighted by molar-refractivity contribution is 0.616. The van der Waals surface area contributed by atoms with Gasteiger partial charge in [0.25, 0.3) is 0 Å². The highest BCUT2D eigenvalue weighted by Crippen LogP contribution is 2.25. The predicted molar refractivity (Wildman–Crippen MR) is 78.1 cm³/mol. The van der Waals surface area contributed by atoms with Gasteiger partial charge in [-0.15, -0.1) is 0 Å². The van der Waals surface area contributed by atoms with E-state index in [4.69, 9.17) is 11.6 Å². The van der Waals surface area contributed by atoms with Crippen molar-refractivity contribution in [1.82, 2.24) is 19.4 Å². The van der Waals surface area contributed by atoms with Crippen LogP contribution in [0.1, 0.15) is 6.42 Å². The molecule has 1 fully saturated rings. The van der Waals surface area contributed by atoms with Crippen molar-refractivity contribution in [3.05, 3.63) is 42.1 Å². The van der Waals surface area contributed by atoms with E-state index in [-0.39, 0.29) is 5.28 Å². The molecule has 0 radical (unpaired) electrons. The Labute approximate surface area is 120 Å². The van der Waals surface area contributed by atoms with Gasteiger partial charge < -0.3 is 4.90 Å². The molecule has 5 nitrogen and oxygen atoms in total. The highest BCUT2D eigenvalue weighted by molar-refractivity contribution is 6.28. The average molecular weight is 286 g/mol. The minimum Gasteiger partial charge on any atom is -0.370 e. The van der Waals surface area contributed by atoms with Gasteiger partial charge in [-0.1, -0.05) is 0 Å². The molecule has 3 aromatic rings. The molecule has 0 N–H and O–H groups in total. The molecule has 0 saturated carbocycles. The fourth-order valence-electron chi connectivity index (χ4n) is 2.40. The minimum atomic E-state index is 0.247. The standard InChI is InChI=1S/C14H12ClN5/c15-14-16-5-4-11(18-14)12-8-17-13-3-2-10(9-20(12)13)19-6-1-7-19/h2-5,8-9H,1,6-7H2. The van der Waals surface area contributed by atoms with Crippen LogP contribution in [0.3, 0.4) is 0 Å². The molecule has 1 saturated heterocycles. The van der Waals surface area contributed by atoms with Crippen molar-refractivity contribution in [3.8, 4) is 11.4 Å². The maximum Gasteiger partial charge on any atom is 0.222 e. The molecule has 0 unspecified atom stereocenters. The van der Waals surface area contributed by atoms with E-state index in [0.717, 1.165) is 30.1 Å². The second-order valence-corrected chi connectivity index (χ2v) is 5.15. The summed E-state index contributed by atoms with van der Waals surface area (Å²) in [4.78, 5) is 14.9. The molecular formula is C14H12ClN5. The van der Waals surface area contributed by atoms with Crippen LogP contribution >= 0.6 is 11.6 Å². The van der Waals surface area contributed by atoms with Crippen molar-refractivity contribution in [3.63, 3.8) is 0 Å². The summed E-state index contributed by atoms with van der Waals surface area (Å²) in [5.41, 5.74) is 3.81. The Morgan fingerprint density at radius 2 is 2.00 bits per heavy atom. The van der Waals surface area contributed by atoms with Gasteiger partial charge in [0.1, 0.15) is 5.65 Å². The van der Waals surface area contributed by atoms with Gasteiger partial charge in [-0.25, -0.2) is 15.0 Å². The Kier molecular flexibility index (Phi) is 2.60. The van der Waals surface area contributed by atoms with Crippen molar-refractivity contribution in [2.75, 3.05) is 18.0 Å². The fourth-order valence-corrected chi connectivity index (χ4v) is 2.55. The Morgan fingerprint density at radius 3 is 2.75 bits per heavy atom. The van der Waals surface area contributed by atoms with Gasteiger partial charge >= 0.3 is 0 Å². The van der Waals surface area contributed by atoms with Gasteiger partial charge in [-0.2, -0.15) is 0 Å². The van der Waals surface area contributed by atoms with Gasteiger partial charge in [0, 0.05) is 25.5 Å². The smallest absolute Gasteiger partial charge is 0.222 e. The largest absolute Gasteiger partial charge is 0.370 e. The predicted octanol–water partition coefficient (Wildman–Crippen LogP) is 2.65. The molecule has 4 heterocycles. The third-order valence-electron chi connectivity index (χ3n) is 3.60. The van der Waals surface area contributed by atoms with Gasteiger partial charge in [0.15, 0.2) is 0 Å². The number of hydrogen-bond acceptors (Lipinski definition) is 4. The number of pyridine rings is 1. The SMILES string of the molecule is Clc1nccc(-c2cnc3ccc(N4CCC4)cn23)n1. The van der Waals surface area contributed by atoms with Gasteiger partial charge in [-0.3, -0.25) is 4.40 Å². The van der Waals surface area contributed by atoms with Crippen LogP contribution in [-0.4, -0.2) is 32.4 Å². The quantitative estimate of drug-likeness (QED) is 0.679. The van der Waals surface area contributed by atoms with Crippen LogP contribution in [0.25, 0.3) is 17.0 Å². The van der Waals surface area contributed by atoms with Crippen LogP contribution in [0.15, 0.2) is 36.8 Å². The zero-order valence-corrected chi connectivity index (χ0v) is 11.5. The molecule has 0 aliphatic carbocycles. The number of halogens is 1. The van der Waals surface area contributed by atoms with E-state index in [1.807, 2.05) is 22.7 Å². The summed E-state index contributed by atoms with van der Waals surface area (Å²) in [6, 6.07) is 5.98. The second kappa shape index (κ2) is 4.45. The number of imidazole rings is 1. The molecule has 1 aliphatic rings. The molecule has 100 valence electrons. The first-order valence-electron chi connectivity index (χ1n) is 6.52. The lowest BCUT2D eigenvalue weighted by atomic mass is 10.2. The first kappa shape index (κ1) is 11.7. The highest BCUT2D eigenvalue weighted by atomic mass is 35.5. The topological polar surface area (TPSA) is 46.3 Å². The van der Waals surface area contributed by atoms with E-state index in [0.29, 0.717) is 0 Å². The molecule has 1 aliphatic heterocycles. The van der Waals surface area contributed by atoms with Crippen molar-refractivity contribution in [2.45, 2.75) is 6.42 Å². The first-order chi connectivity index (χ1) is 9.81. The normalized spacial score (nSPS) is 14.6. The van der Waals surface area contributed by atoms with Crippen molar-refractivity contribution < 1.29 is 0 Å². The number of anilines is 1. The number of fused-ring (bicyclic) bond motifs is 1. The molecule has 0 bridgehead atoms. The van der Waals surface area contributed by atoms with E-state index < -0.39 is 0 Å². The third kappa shape index (κ3) is 1.82. The lowest BCUT2D eigenvalue weighted by Crippen LogP contribution is -2.37. The van der Waals surface area contributed by atoms with Crippen LogP contribution in [0.4, 0.5) is 5.69 Å². The molecule has 0 atom stereocenters. The maximum atomic E-state index is 5.87. The van der Waals surface area contributed by atoms with Crippen molar-refractivity contribution >= 4 is 22.9 Å². The molecular weight excluding hydrogens is 274 g/mol. The van der Waals surface area contributed by atoms with E-state index in [2.05, 4.69) is 32.1 Å². The van der Waals surface area contributed by atoms with Crippen LogP contribution in [0.5, 0.6) is 0 Å². The van der Waals surface area contributed by atoms with Gasteiger partial charge in [0.05, 0.1) is 23.3 Å². The number of aromatic nitrogens is 4. The molecule has 3 aromatic heterocycles. The monoisotopic (exact) mass is 285 g/mol. The number of nitrogens with zero attached hydrogens (tertiary/aromatic N) is 5. The maximum absolute atomic E-state index is 5.87. The van der Waals surface area contributed by atoms with E-state index >= 15 is 0 Å². The van der Waals surface area contributed by atoms with Crippen LogP contribution in [0.2, 0.25) is 5.28 Å². The van der Waals surface area contributed by atoms with E-state index in [1.165, 1.54) is 12.1 Å². The summed E-state index contributed by atoms with van der Waals surface area (Å²) in [5.74, 6) is 0. The van der Waals surface area contributed by atoms with Crippen LogP contribution < -0.4 is 4.90 Å². The molecule has 0 amide bonds. The summed E-state index contributed by atoms with van der Waals surface area (Å²) in [6.45, 7) is 2.24. The average Bonchev–Trinajstić information content (AvgIpc) is 2.80. The summed E-state index contributed by atoms with van der Waals surface area (Å²) in [5, 5.41) is 0.247. The van der Waals surface area contributed by atoms with Crippen molar-refractivity contribution in [2.24, 2.45) is 0 Å². The zero-order chi connectivity index (χ0) is 13.5. The number of hydrogen-bond donors (Lipinski definition) is 0. The minimum absolute atomic E-state index is 0.247. The number of rotatable bonds is 2. The first-order valence-corrected chi connectivity index (χ1v) is 6.90. The second-order valence-electron chi connectivity index (χ2n) is 4.81. The molecule has 6 heteroatoms. The summed E-state index contributed by atoms with van der Waals surface area (Å²) in [6.07, 6.45) is 6.83. The van der Waals surface area contributed by atoms with E-state index in [9.17, 15) is 0 Å². The molecule has 4 rings (SSSR count). The lowest BCUT2D eigenvalue weighted by Gasteiger charge is -2.33. The summed E-state index contributed by atoms with van der Waals surface area (Å²) in [7, 11) is 0. The van der Waals surface area contributed by atoms with Gasteiger partial charge in [-0.05, 0) is 36.2 Å². The Balaban J connectivity index is 1.86. The van der Waals surface area contributed by atoms with Crippen LogP contribution in [-0.2, 0) is 0 Å². The zero-order valence-electron chi connectivity index (χ0n) is 10.7. The Morgan fingerprint density at radius 1 is 1.10 bits per heavy atom. The third-order valence-corrected chi connectivity index (χ3v) is 3.78. The Hall–Kier alpha value is -2.14. The van der Waals surface area contributed by atoms with Gasteiger partial charge in [0.2, 0.25) is 5.28 Å². The molecule has 0 spiro atoms. The summed E-state index contributed by atoms with van der Waals surface area (Å²) < 4.78 is 2.05. The molecule has 0 aromatic carbocycles. The van der Waals surface area contributed by atoms with Crippen LogP contribution in [0, 0.1) is 0 Å². The fraction of sp³-hybridized carbons (Fsp3) is 0.214. The highest BCUT2D eigenvalue weighted by Gasteiger charge is 2.16. The summed E-state index contributed by atoms with van der Waals surface area (Å²) >= 11 is 5.87. The molecule has 20 heavy (non-hydrogen) atoms. The van der Waals surface area contributed by atoms with Crippen molar-refractivity contribution in [1.29, 1.82) is 0 Å². The Bertz CT molecular complexity index is 778. The van der Waals surface area contributed by atoms with E-state index in [1.54, 1.807) is 6.20 Å².